The quantitative estimate of drug-likeness (QED) is 0.921. The standard InChI is InChI=1S/C17H19N3/c1-2-4-16-13(3-1)8-10-20(16)17-12-18-9-7-14(17)11-19-15-5-6-15/h1-4,7,9,12,15,19H,5-6,8,10-11H2. The Morgan fingerprint density at radius 1 is 1.15 bits per heavy atom. The van der Waals surface area contributed by atoms with Gasteiger partial charge in [0.2, 0.25) is 0 Å². The Kier molecular flexibility index (Phi) is 2.92. The molecule has 1 N–H and O–H groups in total. The van der Waals surface area contributed by atoms with Gasteiger partial charge < -0.3 is 10.2 Å². The van der Waals surface area contributed by atoms with E-state index in [-0.39, 0.29) is 0 Å². The van der Waals surface area contributed by atoms with Crippen LogP contribution in [-0.4, -0.2) is 17.6 Å². The molecule has 0 unspecified atom stereocenters. The van der Waals surface area contributed by atoms with E-state index in [0.717, 1.165) is 25.6 Å². The van der Waals surface area contributed by atoms with Gasteiger partial charge in [-0.2, -0.15) is 0 Å². The van der Waals surface area contributed by atoms with Gasteiger partial charge in [-0.05, 0) is 42.5 Å². The van der Waals surface area contributed by atoms with Gasteiger partial charge in [-0.3, -0.25) is 4.98 Å². The highest BCUT2D eigenvalue weighted by atomic mass is 15.2. The minimum atomic E-state index is 0.738. The van der Waals surface area contributed by atoms with Crippen LogP contribution >= 0.6 is 0 Å². The molecule has 1 aliphatic heterocycles. The molecule has 0 radical (unpaired) electrons. The lowest BCUT2D eigenvalue weighted by Crippen LogP contribution is -2.20. The second-order valence-electron chi connectivity index (χ2n) is 5.69. The van der Waals surface area contributed by atoms with E-state index in [9.17, 15) is 0 Å². The lowest BCUT2D eigenvalue weighted by molar-refractivity contribution is 0.686. The highest BCUT2D eigenvalue weighted by Gasteiger charge is 2.24. The summed E-state index contributed by atoms with van der Waals surface area (Å²) < 4.78 is 0. The Morgan fingerprint density at radius 3 is 2.95 bits per heavy atom. The summed E-state index contributed by atoms with van der Waals surface area (Å²) >= 11 is 0. The normalized spacial score (nSPS) is 17.3. The highest BCUT2D eigenvalue weighted by molar-refractivity contribution is 5.71. The van der Waals surface area contributed by atoms with Crippen LogP contribution in [0.15, 0.2) is 42.7 Å². The summed E-state index contributed by atoms with van der Waals surface area (Å²) in [5.74, 6) is 0. The largest absolute Gasteiger partial charge is 0.339 e. The predicted molar refractivity (Wildman–Crippen MR) is 81.3 cm³/mol. The number of rotatable bonds is 4. The first kappa shape index (κ1) is 11.9. The Hall–Kier alpha value is -1.87. The summed E-state index contributed by atoms with van der Waals surface area (Å²) in [7, 11) is 0. The maximum Gasteiger partial charge on any atom is 0.0643 e. The van der Waals surface area contributed by atoms with Crippen LogP contribution < -0.4 is 10.2 Å². The first-order valence-electron chi connectivity index (χ1n) is 7.43. The average molecular weight is 265 g/mol. The Balaban J connectivity index is 1.65. The Labute approximate surface area is 119 Å². The molecule has 3 heteroatoms. The minimum absolute atomic E-state index is 0.738. The number of pyridine rings is 1. The molecule has 0 atom stereocenters. The van der Waals surface area contributed by atoms with Crippen molar-refractivity contribution in [1.29, 1.82) is 0 Å². The van der Waals surface area contributed by atoms with Crippen molar-refractivity contribution >= 4 is 11.4 Å². The molecule has 0 amide bonds. The third-order valence-electron chi connectivity index (χ3n) is 4.22. The molecule has 1 aliphatic carbocycles. The first-order valence-corrected chi connectivity index (χ1v) is 7.43. The van der Waals surface area contributed by atoms with Gasteiger partial charge in [-0.25, -0.2) is 0 Å². The van der Waals surface area contributed by atoms with Crippen molar-refractivity contribution in [3.05, 3.63) is 53.9 Å². The van der Waals surface area contributed by atoms with E-state index in [1.807, 2.05) is 12.4 Å². The monoisotopic (exact) mass is 265 g/mol. The maximum absolute atomic E-state index is 4.34. The third-order valence-corrected chi connectivity index (χ3v) is 4.22. The topological polar surface area (TPSA) is 28.2 Å². The van der Waals surface area contributed by atoms with E-state index in [4.69, 9.17) is 0 Å². The second kappa shape index (κ2) is 4.91. The molecular weight excluding hydrogens is 246 g/mol. The van der Waals surface area contributed by atoms with Crippen molar-refractivity contribution in [2.24, 2.45) is 0 Å². The molecule has 102 valence electrons. The van der Waals surface area contributed by atoms with Gasteiger partial charge in [0.15, 0.2) is 0 Å². The van der Waals surface area contributed by atoms with Gasteiger partial charge in [0.1, 0.15) is 0 Å². The third kappa shape index (κ3) is 2.18. The molecule has 0 saturated heterocycles. The number of hydrogen-bond donors (Lipinski definition) is 1. The van der Waals surface area contributed by atoms with E-state index in [0.29, 0.717) is 0 Å². The van der Waals surface area contributed by atoms with Crippen molar-refractivity contribution < 1.29 is 0 Å². The van der Waals surface area contributed by atoms with Crippen LogP contribution in [0, 0.1) is 0 Å². The number of aromatic nitrogens is 1. The zero-order valence-electron chi connectivity index (χ0n) is 11.5. The Bertz CT molecular complexity index is 619. The number of benzene rings is 1. The molecule has 0 spiro atoms. The summed E-state index contributed by atoms with van der Waals surface area (Å²) in [6, 6.07) is 11.6. The molecular formula is C17H19N3. The van der Waals surface area contributed by atoms with E-state index in [1.54, 1.807) is 0 Å². The van der Waals surface area contributed by atoms with Gasteiger partial charge in [0.25, 0.3) is 0 Å². The molecule has 3 nitrogen and oxygen atoms in total. The van der Waals surface area contributed by atoms with Crippen LogP contribution in [0.4, 0.5) is 11.4 Å². The van der Waals surface area contributed by atoms with Crippen LogP contribution in [0.25, 0.3) is 0 Å². The lowest BCUT2D eigenvalue weighted by atomic mass is 10.1. The summed E-state index contributed by atoms with van der Waals surface area (Å²) in [6.45, 7) is 2.00. The molecule has 4 rings (SSSR count). The number of nitrogens with one attached hydrogen (secondary N) is 1. The zero-order chi connectivity index (χ0) is 13.4. The fourth-order valence-electron chi connectivity index (χ4n) is 2.94. The van der Waals surface area contributed by atoms with Crippen LogP contribution in [0.3, 0.4) is 0 Å². The molecule has 2 heterocycles. The summed E-state index contributed by atoms with van der Waals surface area (Å²) in [5, 5.41) is 3.61. The molecule has 1 aromatic heterocycles. The molecule has 2 aromatic rings. The van der Waals surface area contributed by atoms with Gasteiger partial charge in [-0.15, -0.1) is 0 Å². The molecule has 1 fully saturated rings. The minimum Gasteiger partial charge on any atom is -0.339 e. The zero-order valence-corrected chi connectivity index (χ0v) is 11.5. The number of fused-ring (bicyclic) bond motifs is 1. The lowest BCUT2D eigenvalue weighted by Gasteiger charge is -2.22. The molecule has 1 aromatic carbocycles. The fraction of sp³-hybridized carbons (Fsp3) is 0.353. The molecule has 20 heavy (non-hydrogen) atoms. The van der Waals surface area contributed by atoms with E-state index >= 15 is 0 Å². The van der Waals surface area contributed by atoms with Crippen LogP contribution in [0.2, 0.25) is 0 Å². The summed E-state index contributed by atoms with van der Waals surface area (Å²) in [5.41, 5.74) is 5.39. The maximum atomic E-state index is 4.34. The first-order chi connectivity index (χ1) is 9.92. The van der Waals surface area contributed by atoms with Crippen LogP contribution in [0.5, 0.6) is 0 Å². The van der Waals surface area contributed by atoms with E-state index in [1.165, 1.54) is 35.3 Å². The summed E-state index contributed by atoms with van der Waals surface area (Å²) in [6.07, 6.45) is 7.68. The van der Waals surface area contributed by atoms with Gasteiger partial charge >= 0.3 is 0 Å². The fourth-order valence-corrected chi connectivity index (χ4v) is 2.94. The smallest absolute Gasteiger partial charge is 0.0643 e. The SMILES string of the molecule is c1ccc2c(c1)CCN2c1cnccc1CNC1CC1. The van der Waals surface area contributed by atoms with Crippen molar-refractivity contribution in [3.63, 3.8) is 0 Å². The molecule has 2 aliphatic rings. The molecule has 1 saturated carbocycles. The highest BCUT2D eigenvalue weighted by Crippen LogP contribution is 2.35. The number of para-hydroxylation sites is 1. The van der Waals surface area contributed by atoms with Crippen molar-refractivity contribution in [3.8, 4) is 0 Å². The van der Waals surface area contributed by atoms with Crippen molar-refractivity contribution in [2.45, 2.75) is 31.8 Å². The predicted octanol–water partition coefficient (Wildman–Crippen LogP) is 3.03. The van der Waals surface area contributed by atoms with Crippen LogP contribution in [0.1, 0.15) is 24.0 Å². The van der Waals surface area contributed by atoms with Crippen molar-refractivity contribution in [2.75, 3.05) is 11.4 Å². The van der Waals surface area contributed by atoms with Gasteiger partial charge in [-0.1, -0.05) is 18.2 Å². The number of hydrogen-bond acceptors (Lipinski definition) is 3. The van der Waals surface area contributed by atoms with Gasteiger partial charge in [0.05, 0.1) is 11.9 Å². The number of anilines is 2. The van der Waals surface area contributed by atoms with Crippen LogP contribution in [-0.2, 0) is 13.0 Å². The Morgan fingerprint density at radius 2 is 2.05 bits per heavy atom. The van der Waals surface area contributed by atoms with Crippen molar-refractivity contribution in [1.82, 2.24) is 10.3 Å². The van der Waals surface area contributed by atoms with Gasteiger partial charge in [0, 0.05) is 31.0 Å². The number of nitrogens with zero attached hydrogens (tertiary/aromatic N) is 2. The molecule has 0 bridgehead atoms. The van der Waals surface area contributed by atoms with E-state index < -0.39 is 0 Å². The second-order valence-corrected chi connectivity index (χ2v) is 5.69. The average Bonchev–Trinajstić information content (AvgIpc) is 3.23. The summed E-state index contributed by atoms with van der Waals surface area (Å²) in [4.78, 5) is 6.75. The van der Waals surface area contributed by atoms with E-state index in [2.05, 4.69) is 45.5 Å².